The summed E-state index contributed by atoms with van der Waals surface area (Å²) in [4.78, 5) is 8.61. The minimum absolute atomic E-state index is 0.150. The van der Waals surface area contributed by atoms with E-state index in [1.54, 1.807) is 6.20 Å². The summed E-state index contributed by atoms with van der Waals surface area (Å²) in [5, 5.41) is 16.6. The fourth-order valence-corrected chi connectivity index (χ4v) is 2.59. The van der Waals surface area contributed by atoms with E-state index in [0.29, 0.717) is 12.4 Å². The highest BCUT2D eigenvalue weighted by molar-refractivity contribution is 5.45. The SMILES string of the molecule is CCNc1ccnc(N[C@H]2c3ccccc3C[C@H]2O)n1. The lowest BCUT2D eigenvalue weighted by Gasteiger charge is -2.18. The van der Waals surface area contributed by atoms with Gasteiger partial charge in [-0.25, -0.2) is 4.98 Å². The van der Waals surface area contributed by atoms with Crippen LogP contribution in [0.2, 0.25) is 0 Å². The van der Waals surface area contributed by atoms with Gasteiger partial charge in [0, 0.05) is 19.2 Å². The van der Waals surface area contributed by atoms with Gasteiger partial charge in [-0.3, -0.25) is 0 Å². The van der Waals surface area contributed by atoms with Crippen LogP contribution in [0.1, 0.15) is 24.1 Å². The van der Waals surface area contributed by atoms with Crippen LogP contribution in [0.3, 0.4) is 0 Å². The van der Waals surface area contributed by atoms with Crippen molar-refractivity contribution in [3.63, 3.8) is 0 Å². The first kappa shape index (κ1) is 12.9. The monoisotopic (exact) mass is 270 g/mol. The van der Waals surface area contributed by atoms with Gasteiger partial charge >= 0.3 is 0 Å². The fraction of sp³-hybridized carbons (Fsp3) is 0.333. The molecule has 0 aliphatic heterocycles. The molecule has 20 heavy (non-hydrogen) atoms. The Balaban J connectivity index is 1.82. The van der Waals surface area contributed by atoms with E-state index in [2.05, 4.69) is 26.7 Å². The molecule has 5 nitrogen and oxygen atoms in total. The highest BCUT2D eigenvalue weighted by Crippen LogP contribution is 2.33. The normalized spacial score (nSPS) is 20.5. The molecule has 5 heteroatoms. The fourth-order valence-electron chi connectivity index (χ4n) is 2.59. The number of nitrogens with zero attached hydrogens (tertiary/aromatic N) is 2. The highest BCUT2D eigenvalue weighted by atomic mass is 16.3. The molecule has 3 N–H and O–H groups in total. The quantitative estimate of drug-likeness (QED) is 0.792. The summed E-state index contributed by atoms with van der Waals surface area (Å²) in [7, 11) is 0. The maximum Gasteiger partial charge on any atom is 0.225 e. The molecule has 1 aliphatic rings. The number of rotatable bonds is 4. The Morgan fingerprint density at radius 3 is 3.00 bits per heavy atom. The molecule has 0 unspecified atom stereocenters. The van der Waals surface area contributed by atoms with E-state index in [9.17, 15) is 5.11 Å². The largest absolute Gasteiger partial charge is 0.390 e. The van der Waals surface area contributed by atoms with Crippen molar-refractivity contribution < 1.29 is 5.11 Å². The van der Waals surface area contributed by atoms with Gasteiger partial charge in [-0.1, -0.05) is 24.3 Å². The Labute approximate surface area is 118 Å². The molecule has 104 valence electrons. The van der Waals surface area contributed by atoms with Gasteiger partial charge in [0.05, 0.1) is 12.1 Å². The molecule has 0 bridgehead atoms. The van der Waals surface area contributed by atoms with Crippen molar-refractivity contribution >= 4 is 11.8 Å². The predicted molar refractivity (Wildman–Crippen MR) is 78.7 cm³/mol. The van der Waals surface area contributed by atoms with Crippen molar-refractivity contribution in [2.75, 3.05) is 17.2 Å². The van der Waals surface area contributed by atoms with Crippen LogP contribution >= 0.6 is 0 Å². The van der Waals surface area contributed by atoms with Crippen LogP contribution in [0.15, 0.2) is 36.5 Å². The van der Waals surface area contributed by atoms with Crippen LogP contribution in [0.5, 0.6) is 0 Å². The van der Waals surface area contributed by atoms with Gasteiger partial charge in [-0.2, -0.15) is 4.98 Å². The second-order valence-electron chi connectivity index (χ2n) is 4.89. The van der Waals surface area contributed by atoms with E-state index in [1.165, 1.54) is 5.56 Å². The van der Waals surface area contributed by atoms with Crippen molar-refractivity contribution in [1.29, 1.82) is 0 Å². The average molecular weight is 270 g/mol. The lowest BCUT2D eigenvalue weighted by molar-refractivity contribution is 0.165. The van der Waals surface area contributed by atoms with Crippen molar-refractivity contribution in [1.82, 2.24) is 9.97 Å². The van der Waals surface area contributed by atoms with Crippen molar-refractivity contribution in [2.24, 2.45) is 0 Å². The van der Waals surface area contributed by atoms with Gasteiger partial charge in [0.1, 0.15) is 5.82 Å². The lowest BCUT2D eigenvalue weighted by Crippen LogP contribution is -2.22. The standard InChI is InChI=1S/C15H18N4O/c1-2-16-13-7-8-17-15(18-13)19-14-11-6-4-3-5-10(11)9-12(14)20/h3-8,12,14,20H,2,9H2,1H3,(H2,16,17,18,19)/t12-,14+/m1/s1. The summed E-state index contributed by atoms with van der Waals surface area (Å²) >= 11 is 0. The van der Waals surface area contributed by atoms with Gasteiger partial charge in [0.25, 0.3) is 0 Å². The molecular formula is C15H18N4O. The van der Waals surface area contributed by atoms with Crippen LogP contribution in [-0.2, 0) is 6.42 Å². The number of aliphatic hydroxyl groups excluding tert-OH is 1. The molecule has 0 saturated heterocycles. The summed E-state index contributed by atoms with van der Waals surface area (Å²) < 4.78 is 0. The van der Waals surface area contributed by atoms with Crippen LogP contribution in [0.25, 0.3) is 0 Å². The number of hydrogen-bond donors (Lipinski definition) is 3. The van der Waals surface area contributed by atoms with E-state index in [0.717, 1.165) is 17.9 Å². The highest BCUT2D eigenvalue weighted by Gasteiger charge is 2.31. The molecule has 0 saturated carbocycles. The van der Waals surface area contributed by atoms with Crippen molar-refractivity contribution in [3.05, 3.63) is 47.7 Å². The number of benzene rings is 1. The first-order chi connectivity index (χ1) is 9.78. The molecule has 0 amide bonds. The maximum absolute atomic E-state index is 10.2. The molecule has 2 atom stereocenters. The Bertz CT molecular complexity index is 602. The van der Waals surface area contributed by atoms with E-state index in [4.69, 9.17) is 0 Å². The Kier molecular flexibility index (Phi) is 3.52. The zero-order chi connectivity index (χ0) is 13.9. The second kappa shape index (κ2) is 5.46. The predicted octanol–water partition coefficient (Wildman–Crippen LogP) is 1.98. The molecule has 0 spiro atoms. The van der Waals surface area contributed by atoms with Gasteiger partial charge < -0.3 is 15.7 Å². The first-order valence-corrected chi connectivity index (χ1v) is 6.87. The molecule has 1 heterocycles. The lowest BCUT2D eigenvalue weighted by atomic mass is 10.1. The first-order valence-electron chi connectivity index (χ1n) is 6.87. The summed E-state index contributed by atoms with van der Waals surface area (Å²) in [6.07, 6.45) is 1.93. The zero-order valence-corrected chi connectivity index (χ0v) is 11.4. The maximum atomic E-state index is 10.2. The molecular weight excluding hydrogens is 252 g/mol. The van der Waals surface area contributed by atoms with Crippen LogP contribution in [-0.4, -0.2) is 27.7 Å². The minimum atomic E-state index is -0.446. The van der Waals surface area contributed by atoms with Crippen molar-refractivity contribution in [3.8, 4) is 0 Å². The third-order valence-corrected chi connectivity index (χ3v) is 3.50. The molecule has 2 aromatic rings. The molecule has 3 rings (SSSR count). The number of aliphatic hydroxyl groups is 1. The topological polar surface area (TPSA) is 70.1 Å². The summed E-state index contributed by atoms with van der Waals surface area (Å²) in [6, 6.07) is 9.75. The van der Waals surface area contributed by atoms with Crippen LogP contribution in [0, 0.1) is 0 Å². The van der Waals surface area contributed by atoms with Crippen LogP contribution < -0.4 is 10.6 Å². The van der Waals surface area contributed by atoms with E-state index in [-0.39, 0.29) is 6.04 Å². The number of nitrogens with one attached hydrogen (secondary N) is 2. The van der Waals surface area contributed by atoms with Gasteiger partial charge in [0.15, 0.2) is 0 Å². The number of fused-ring (bicyclic) bond motifs is 1. The number of hydrogen-bond acceptors (Lipinski definition) is 5. The Hall–Kier alpha value is -2.14. The second-order valence-corrected chi connectivity index (χ2v) is 4.89. The zero-order valence-electron chi connectivity index (χ0n) is 11.4. The summed E-state index contributed by atoms with van der Waals surface area (Å²) in [5.41, 5.74) is 2.30. The summed E-state index contributed by atoms with van der Waals surface area (Å²) in [6.45, 7) is 2.83. The third-order valence-electron chi connectivity index (χ3n) is 3.50. The average Bonchev–Trinajstić information content (AvgIpc) is 2.76. The molecule has 0 radical (unpaired) electrons. The van der Waals surface area contributed by atoms with E-state index < -0.39 is 6.10 Å². The number of anilines is 2. The molecule has 0 fully saturated rings. The molecule has 1 aromatic carbocycles. The van der Waals surface area contributed by atoms with Gasteiger partial charge in [-0.15, -0.1) is 0 Å². The summed E-state index contributed by atoms with van der Waals surface area (Å²) in [5.74, 6) is 1.31. The van der Waals surface area contributed by atoms with Gasteiger partial charge in [0.2, 0.25) is 5.95 Å². The Morgan fingerprint density at radius 2 is 2.15 bits per heavy atom. The molecule has 1 aliphatic carbocycles. The van der Waals surface area contributed by atoms with E-state index in [1.807, 2.05) is 31.2 Å². The Morgan fingerprint density at radius 1 is 1.30 bits per heavy atom. The van der Waals surface area contributed by atoms with Crippen molar-refractivity contribution in [2.45, 2.75) is 25.5 Å². The smallest absolute Gasteiger partial charge is 0.225 e. The van der Waals surface area contributed by atoms with Crippen LogP contribution in [0.4, 0.5) is 11.8 Å². The molecule has 1 aromatic heterocycles. The third kappa shape index (κ3) is 2.44. The van der Waals surface area contributed by atoms with E-state index >= 15 is 0 Å². The number of aromatic nitrogens is 2. The van der Waals surface area contributed by atoms with Gasteiger partial charge in [-0.05, 0) is 24.1 Å². The minimum Gasteiger partial charge on any atom is -0.390 e.